The number of aryl methyl sites for hydroxylation is 2. The van der Waals surface area contributed by atoms with Gasteiger partial charge in [-0.3, -0.25) is 4.79 Å². The maximum atomic E-state index is 12.6. The van der Waals surface area contributed by atoms with Crippen LogP contribution in [0.25, 0.3) is 0 Å². The Morgan fingerprint density at radius 3 is 2.15 bits per heavy atom. The summed E-state index contributed by atoms with van der Waals surface area (Å²) < 4.78 is 10.7. The summed E-state index contributed by atoms with van der Waals surface area (Å²) in [5.74, 6) is 2.49. The van der Waals surface area contributed by atoms with E-state index in [2.05, 4.69) is 12.1 Å². The lowest BCUT2D eigenvalue weighted by atomic mass is 9.90. The molecule has 1 aliphatic rings. The molecule has 0 bridgehead atoms. The number of hydrogen-bond donors (Lipinski definition) is 0. The maximum absolute atomic E-state index is 12.6. The molecule has 0 unspecified atom stereocenters. The number of rotatable bonds is 6. The van der Waals surface area contributed by atoms with Crippen molar-refractivity contribution in [1.82, 2.24) is 4.90 Å². The molecule has 0 atom stereocenters. The van der Waals surface area contributed by atoms with Crippen LogP contribution in [0.5, 0.6) is 11.5 Å². The molecule has 2 aromatic carbocycles. The van der Waals surface area contributed by atoms with Gasteiger partial charge in [-0.05, 0) is 68.4 Å². The molecule has 1 fully saturated rings. The standard InChI is InChI=1S/C23H29NO3/c1-17-4-8-20(9-5-17)23(25)24-12-10-18(11-13-24)6-7-19-14-21(26-2)16-22(15-19)27-3/h4-5,8-9,14-16,18H,6-7,10-13H2,1-3H3. The number of amides is 1. The molecule has 1 heterocycles. The Hall–Kier alpha value is -2.49. The van der Waals surface area contributed by atoms with Crippen LogP contribution in [0.2, 0.25) is 0 Å². The lowest BCUT2D eigenvalue weighted by molar-refractivity contribution is 0.0687. The van der Waals surface area contributed by atoms with Gasteiger partial charge >= 0.3 is 0 Å². The van der Waals surface area contributed by atoms with Crippen molar-refractivity contribution in [3.63, 3.8) is 0 Å². The fraction of sp³-hybridized carbons (Fsp3) is 0.435. The van der Waals surface area contributed by atoms with Crippen LogP contribution < -0.4 is 9.47 Å². The molecule has 3 rings (SSSR count). The first-order valence-corrected chi connectivity index (χ1v) is 9.67. The zero-order valence-corrected chi connectivity index (χ0v) is 16.5. The first-order valence-electron chi connectivity index (χ1n) is 9.67. The van der Waals surface area contributed by atoms with Crippen molar-refractivity contribution in [2.75, 3.05) is 27.3 Å². The molecule has 1 amide bonds. The number of hydrogen-bond acceptors (Lipinski definition) is 3. The molecule has 4 heteroatoms. The normalized spacial score (nSPS) is 14.9. The summed E-state index contributed by atoms with van der Waals surface area (Å²) in [4.78, 5) is 14.6. The topological polar surface area (TPSA) is 38.8 Å². The Kier molecular flexibility index (Phi) is 6.38. The number of carbonyl (C=O) groups is 1. The fourth-order valence-corrected chi connectivity index (χ4v) is 3.68. The average molecular weight is 367 g/mol. The van der Waals surface area contributed by atoms with Gasteiger partial charge in [0.1, 0.15) is 11.5 Å². The van der Waals surface area contributed by atoms with Crippen LogP contribution in [0.3, 0.4) is 0 Å². The van der Waals surface area contributed by atoms with Crippen molar-refractivity contribution < 1.29 is 14.3 Å². The summed E-state index contributed by atoms with van der Waals surface area (Å²) in [5, 5.41) is 0. The summed E-state index contributed by atoms with van der Waals surface area (Å²) in [6.07, 6.45) is 4.27. The molecular formula is C23H29NO3. The highest BCUT2D eigenvalue weighted by Gasteiger charge is 2.23. The van der Waals surface area contributed by atoms with Crippen molar-refractivity contribution in [2.45, 2.75) is 32.6 Å². The zero-order valence-electron chi connectivity index (χ0n) is 16.5. The van der Waals surface area contributed by atoms with Crippen molar-refractivity contribution >= 4 is 5.91 Å². The highest BCUT2D eigenvalue weighted by atomic mass is 16.5. The molecular weight excluding hydrogens is 338 g/mol. The SMILES string of the molecule is COc1cc(CCC2CCN(C(=O)c3ccc(C)cc3)CC2)cc(OC)c1. The van der Waals surface area contributed by atoms with E-state index in [4.69, 9.17) is 9.47 Å². The summed E-state index contributed by atoms with van der Waals surface area (Å²) in [5.41, 5.74) is 3.21. The molecule has 0 spiro atoms. The Morgan fingerprint density at radius 1 is 1.00 bits per heavy atom. The first-order chi connectivity index (χ1) is 13.1. The van der Waals surface area contributed by atoms with Crippen LogP contribution in [-0.2, 0) is 6.42 Å². The van der Waals surface area contributed by atoms with Gasteiger partial charge in [0.15, 0.2) is 0 Å². The van der Waals surface area contributed by atoms with Gasteiger partial charge in [0.25, 0.3) is 5.91 Å². The number of nitrogens with zero attached hydrogens (tertiary/aromatic N) is 1. The minimum Gasteiger partial charge on any atom is -0.497 e. The first kappa shape index (κ1) is 19.3. The maximum Gasteiger partial charge on any atom is 0.253 e. The molecule has 0 radical (unpaired) electrons. The number of likely N-dealkylation sites (tertiary alicyclic amines) is 1. The lowest BCUT2D eigenvalue weighted by Crippen LogP contribution is -2.38. The lowest BCUT2D eigenvalue weighted by Gasteiger charge is -2.32. The molecule has 27 heavy (non-hydrogen) atoms. The Balaban J connectivity index is 1.51. The third kappa shape index (κ3) is 5.03. The van der Waals surface area contributed by atoms with Gasteiger partial charge in [-0.2, -0.15) is 0 Å². The Labute approximate surface area is 162 Å². The molecule has 4 nitrogen and oxygen atoms in total. The third-order valence-corrected chi connectivity index (χ3v) is 5.45. The molecule has 0 aromatic heterocycles. The van der Waals surface area contributed by atoms with E-state index in [1.165, 1.54) is 11.1 Å². The number of piperidine rings is 1. The van der Waals surface area contributed by atoms with Gasteiger partial charge in [0.05, 0.1) is 14.2 Å². The predicted molar refractivity (Wildman–Crippen MR) is 108 cm³/mol. The van der Waals surface area contributed by atoms with Crippen molar-refractivity contribution in [3.05, 3.63) is 59.2 Å². The highest BCUT2D eigenvalue weighted by Crippen LogP contribution is 2.27. The van der Waals surface area contributed by atoms with Crippen LogP contribution in [0.1, 0.15) is 40.7 Å². The monoisotopic (exact) mass is 367 g/mol. The van der Waals surface area contributed by atoms with Gasteiger partial charge in [-0.15, -0.1) is 0 Å². The van der Waals surface area contributed by atoms with E-state index in [9.17, 15) is 4.79 Å². The largest absolute Gasteiger partial charge is 0.497 e. The van der Waals surface area contributed by atoms with Crippen molar-refractivity contribution in [3.8, 4) is 11.5 Å². The zero-order chi connectivity index (χ0) is 19.2. The summed E-state index contributed by atoms with van der Waals surface area (Å²) in [6, 6.07) is 13.9. The molecule has 0 N–H and O–H groups in total. The smallest absolute Gasteiger partial charge is 0.253 e. The van der Waals surface area contributed by atoms with Crippen molar-refractivity contribution in [1.29, 1.82) is 0 Å². The summed E-state index contributed by atoms with van der Waals surface area (Å²) in [7, 11) is 3.36. The van der Waals surface area contributed by atoms with Crippen LogP contribution in [-0.4, -0.2) is 38.1 Å². The second kappa shape index (κ2) is 8.94. The van der Waals surface area contributed by atoms with E-state index in [0.717, 1.165) is 55.8 Å². The molecule has 1 saturated heterocycles. The van der Waals surface area contributed by atoms with Gasteiger partial charge in [-0.25, -0.2) is 0 Å². The summed E-state index contributed by atoms with van der Waals surface area (Å²) in [6.45, 7) is 3.73. The fourth-order valence-electron chi connectivity index (χ4n) is 3.68. The Bertz CT molecular complexity index is 739. The van der Waals surface area contributed by atoms with Gasteiger partial charge < -0.3 is 14.4 Å². The predicted octanol–water partition coefficient (Wildman–Crippen LogP) is 4.50. The minimum absolute atomic E-state index is 0.158. The second-order valence-electron chi connectivity index (χ2n) is 7.36. The van der Waals surface area contributed by atoms with Gasteiger partial charge in [0.2, 0.25) is 0 Å². The van der Waals surface area contributed by atoms with Crippen LogP contribution in [0.4, 0.5) is 0 Å². The highest BCUT2D eigenvalue weighted by molar-refractivity contribution is 5.94. The van der Waals surface area contributed by atoms with E-state index < -0.39 is 0 Å². The molecule has 2 aromatic rings. The summed E-state index contributed by atoms with van der Waals surface area (Å²) >= 11 is 0. The molecule has 0 saturated carbocycles. The number of ether oxygens (including phenoxy) is 2. The average Bonchev–Trinajstić information content (AvgIpc) is 2.72. The second-order valence-corrected chi connectivity index (χ2v) is 7.36. The number of carbonyl (C=O) groups excluding carboxylic acids is 1. The Morgan fingerprint density at radius 2 is 1.59 bits per heavy atom. The van der Waals surface area contributed by atoms with E-state index in [1.54, 1.807) is 14.2 Å². The molecule has 144 valence electrons. The number of benzene rings is 2. The number of methoxy groups -OCH3 is 2. The van der Waals surface area contributed by atoms with Crippen LogP contribution in [0.15, 0.2) is 42.5 Å². The van der Waals surface area contributed by atoms with E-state index in [1.807, 2.05) is 42.2 Å². The quantitative estimate of drug-likeness (QED) is 0.755. The van der Waals surface area contributed by atoms with Crippen LogP contribution in [0, 0.1) is 12.8 Å². The van der Waals surface area contributed by atoms with E-state index in [-0.39, 0.29) is 5.91 Å². The van der Waals surface area contributed by atoms with Crippen LogP contribution >= 0.6 is 0 Å². The van der Waals surface area contributed by atoms with Gasteiger partial charge in [-0.1, -0.05) is 17.7 Å². The van der Waals surface area contributed by atoms with Crippen molar-refractivity contribution in [2.24, 2.45) is 5.92 Å². The van der Waals surface area contributed by atoms with E-state index >= 15 is 0 Å². The minimum atomic E-state index is 0.158. The molecule has 1 aliphatic heterocycles. The van der Waals surface area contributed by atoms with Gasteiger partial charge in [0, 0.05) is 24.7 Å². The van der Waals surface area contributed by atoms with E-state index in [0.29, 0.717) is 5.92 Å². The molecule has 0 aliphatic carbocycles. The third-order valence-electron chi connectivity index (χ3n) is 5.45.